The first kappa shape index (κ1) is 21.7. The molecular weight excluding hydrogens is 408 g/mol. The second kappa shape index (κ2) is 10.1. The molecule has 2 aromatic carbocycles. The van der Waals surface area contributed by atoms with Crippen LogP contribution in [-0.4, -0.2) is 57.5 Å². The number of esters is 1. The van der Waals surface area contributed by atoms with E-state index in [0.717, 1.165) is 0 Å². The number of para-hydroxylation sites is 1. The number of hydrogen-bond acceptors (Lipinski definition) is 6. The van der Waals surface area contributed by atoms with Crippen molar-refractivity contribution in [3.05, 3.63) is 66.2 Å². The number of anilines is 1. The van der Waals surface area contributed by atoms with Crippen LogP contribution in [0.5, 0.6) is 0 Å². The second-order valence-electron chi connectivity index (χ2n) is 6.44. The summed E-state index contributed by atoms with van der Waals surface area (Å²) < 4.78 is 36.6. The Balaban J connectivity index is 1.50. The average Bonchev–Trinajstić information content (AvgIpc) is 2.78. The van der Waals surface area contributed by atoms with Crippen molar-refractivity contribution in [2.24, 2.45) is 0 Å². The van der Waals surface area contributed by atoms with Crippen LogP contribution in [-0.2, 0) is 29.1 Å². The Hall–Kier alpha value is -3.01. The lowest BCUT2D eigenvalue weighted by Gasteiger charge is -2.26. The number of nitrogens with one attached hydrogen (secondary N) is 1. The van der Waals surface area contributed by atoms with Gasteiger partial charge in [-0.3, -0.25) is 4.79 Å². The molecule has 0 aliphatic carbocycles. The zero-order valence-electron chi connectivity index (χ0n) is 16.2. The maximum absolute atomic E-state index is 12.6. The molecule has 0 aromatic heterocycles. The standard InChI is InChI=1S/C21H22N2O6S/c24-20(22-18-4-2-1-3-5-18)16-29-21(25)11-8-17-6-9-19(10-7-17)30(26,27)23-12-14-28-15-13-23/h1-11H,12-16H2,(H,22,24)/b11-8+. The molecule has 0 radical (unpaired) electrons. The maximum Gasteiger partial charge on any atom is 0.331 e. The maximum atomic E-state index is 12.6. The lowest BCUT2D eigenvalue weighted by atomic mass is 10.2. The summed E-state index contributed by atoms with van der Waals surface area (Å²) in [7, 11) is -3.56. The number of ether oxygens (including phenoxy) is 2. The van der Waals surface area contributed by atoms with Crippen molar-refractivity contribution >= 4 is 33.7 Å². The molecule has 2 aromatic rings. The minimum Gasteiger partial charge on any atom is -0.452 e. The van der Waals surface area contributed by atoms with Crippen LogP contribution < -0.4 is 5.32 Å². The number of sulfonamides is 1. The minimum absolute atomic E-state index is 0.182. The van der Waals surface area contributed by atoms with Crippen LogP contribution in [0.2, 0.25) is 0 Å². The SMILES string of the molecule is O=C(COC(=O)/C=C/c1ccc(S(=O)(=O)N2CCOCC2)cc1)Nc1ccccc1. The molecule has 1 aliphatic heterocycles. The molecule has 0 spiro atoms. The zero-order chi connectivity index (χ0) is 21.4. The summed E-state index contributed by atoms with van der Waals surface area (Å²) in [4.78, 5) is 23.8. The number of hydrogen-bond donors (Lipinski definition) is 1. The van der Waals surface area contributed by atoms with Gasteiger partial charge in [0.25, 0.3) is 5.91 Å². The van der Waals surface area contributed by atoms with E-state index in [1.165, 1.54) is 28.6 Å². The number of rotatable bonds is 7. The Morgan fingerprint density at radius 3 is 2.37 bits per heavy atom. The summed E-state index contributed by atoms with van der Waals surface area (Å²) in [6, 6.07) is 15.0. The fourth-order valence-corrected chi connectivity index (χ4v) is 4.16. The van der Waals surface area contributed by atoms with Crippen LogP contribution in [0.1, 0.15) is 5.56 Å². The Labute approximate surface area is 175 Å². The van der Waals surface area contributed by atoms with Crippen LogP contribution in [0.3, 0.4) is 0 Å². The van der Waals surface area contributed by atoms with Gasteiger partial charge in [0.2, 0.25) is 10.0 Å². The van der Waals surface area contributed by atoms with Crippen molar-refractivity contribution in [1.29, 1.82) is 0 Å². The van der Waals surface area contributed by atoms with Crippen molar-refractivity contribution < 1.29 is 27.5 Å². The molecule has 0 atom stereocenters. The largest absolute Gasteiger partial charge is 0.452 e. The molecule has 30 heavy (non-hydrogen) atoms. The van der Waals surface area contributed by atoms with E-state index in [1.807, 2.05) is 6.07 Å². The van der Waals surface area contributed by atoms with E-state index >= 15 is 0 Å². The van der Waals surface area contributed by atoms with Crippen LogP contribution in [0.15, 0.2) is 65.6 Å². The Kier molecular flexibility index (Phi) is 7.34. The number of carbonyl (C=O) groups excluding carboxylic acids is 2. The molecule has 1 amide bonds. The summed E-state index contributed by atoms with van der Waals surface area (Å²) in [6.07, 6.45) is 2.67. The molecule has 1 heterocycles. The fourth-order valence-electron chi connectivity index (χ4n) is 2.75. The van der Waals surface area contributed by atoms with Crippen LogP contribution in [0.4, 0.5) is 5.69 Å². The molecule has 3 rings (SSSR count). The lowest BCUT2D eigenvalue weighted by molar-refractivity contribution is -0.142. The highest BCUT2D eigenvalue weighted by Crippen LogP contribution is 2.18. The van der Waals surface area contributed by atoms with Gasteiger partial charge in [0.05, 0.1) is 18.1 Å². The first-order valence-corrected chi connectivity index (χ1v) is 10.8. The number of carbonyl (C=O) groups is 2. The van der Waals surface area contributed by atoms with Gasteiger partial charge in [0, 0.05) is 24.9 Å². The summed E-state index contributed by atoms with van der Waals surface area (Å²) in [5, 5.41) is 2.61. The quantitative estimate of drug-likeness (QED) is 0.532. The second-order valence-corrected chi connectivity index (χ2v) is 8.38. The first-order chi connectivity index (χ1) is 14.4. The highest BCUT2D eigenvalue weighted by atomic mass is 32.2. The average molecular weight is 430 g/mol. The van der Waals surface area contributed by atoms with Crippen molar-refractivity contribution in [2.45, 2.75) is 4.90 Å². The van der Waals surface area contributed by atoms with Crippen molar-refractivity contribution in [2.75, 3.05) is 38.2 Å². The Bertz CT molecular complexity index is 998. The predicted molar refractivity (Wildman–Crippen MR) is 111 cm³/mol. The van der Waals surface area contributed by atoms with Gasteiger partial charge in [-0.15, -0.1) is 0 Å². The molecule has 1 fully saturated rings. The van der Waals surface area contributed by atoms with Gasteiger partial charge in [0.1, 0.15) is 0 Å². The molecule has 1 saturated heterocycles. The van der Waals surface area contributed by atoms with Gasteiger partial charge >= 0.3 is 5.97 Å². The number of morpholine rings is 1. The first-order valence-electron chi connectivity index (χ1n) is 9.33. The van der Waals surface area contributed by atoms with Crippen LogP contribution in [0.25, 0.3) is 6.08 Å². The molecule has 8 nitrogen and oxygen atoms in total. The lowest BCUT2D eigenvalue weighted by Crippen LogP contribution is -2.40. The summed E-state index contributed by atoms with van der Waals surface area (Å²) in [5.74, 6) is -1.12. The van der Waals surface area contributed by atoms with E-state index in [9.17, 15) is 18.0 Å². The highest BCUT2D eigenvalue weighted by Gasteiger charge is 2.25. The third kappa shape index (κ3) is 5.99. The van der Waals surface area contributed by atoms with Gasteiger partial charge < -0.3 is 14.8 Å². The van der Waals surface area contributed by atoms with Gasteiger partial charge in [-0.1, -0.05) is 30.3 Å². The van der Waals surface area contributed by atoms with E-state index in [-0.39, 0.29) is 4.90 Å². The monoisotopic (exact) mass is 430 g/mol. The fraction of sp³-hybridized carbons (Fsp3) is 0.238. The summed E-state index contributed by atoms with van der Waals surface area (Å²) >= 11 is 0. The number of benzene rings is 2. The minimum atomic E-state index is -3.56. The predicted octanol–water partition coefficient (Wildman–Crippen LogP) is 1.90. The topological polar surface area (TPSA) is 102 Å². The van der Waals surface area contributed by atoms with Gasteiger partial charge in [-0.05, 0) is 35.9 Å². The van der Waals surface area contributed by atoms with E-state index < -0.39 is 28.5 Å². The van der Waals surface area contributed by atoms with E-state index in [1.54, 1.807) is 36.4 Å². The van der Waals surface area contributed by atoms with E-state index in [4.69, 9.17) is 9.47 Å². The van der Waals surface area contributed by atoms with Crippen molar-refractivity contribution in [3.63, 3.8) is 0 Å². The van der Waals surface area contributed by atoms with E-state index in [2.05, 4.69) is 5.32 Å². The molecule has 0 unspecified atom stereocenters. The van der Waals surface area contributed by atoms with Gasteiger partial charge in [-0.25, -0.2) is 13.2 Å². The number of amides is 1. The normalized spacial score (nSPS) is 15.1. The van der Waals surface area contributed by atoms with Gasteiger partial charge in [-0.2, -0.15) is 4.31 Å². The van der Waals surface area contributed by atoms with Crippen LogP contribution in [0, 0.1) is 0 Å². The third-order valence-electron chi connectivity index (χ3n) is 4.30. The number of nitrogens with zero attached hydrogens (tertiary/aromatic N) is 1. The molecular formula is C21H22N2O6S. The summed E-state index contributed by atoms with van der Waals surface area (Å²) in [5.41, 5.74) is 1.24. The smallest absolute Gasteiger partial charge is 0.331 e. The third-order valence-corrected chi connectivity index (χ3v) is 6.22. The van der Waals surface area contributed by atoms with E-state index in [0.29, 0.717) is 37.6 Å². The highest BCUT2D eigenvalue weighted by molar-refractivity contribution is 7.89. The molecule has 1 aliphatic rings. The molecule has 9 heteroatoms. The zero-order valence-corrected chi connectivity index (χ0v) is 17.0. The molecule has 158 valence electrons. The van der Waals surface area contributed by atoms with Crippen molar-refractivity contribution in [3.8, 4) is 0 Å². The molecule has 0 saturated carbocycles. The Morgan fingerprint density at radius 2 is 1.70 bits per heavy atom. The summed E-state index contributed by atoms with van der Waals surface area (Å²) in [6.45, 7) is 1.01. The molecule has 0 bridgehead atoms. The van der Waals surface area contributed by atoms with Gasteiger partial charge in [0.15, 0.2) is 6.61 Å². The van der Waals surface area contributed by atoms with Crippen molar-refractivity contribution in [1.82, 2.24) is 4.31 Å². The molecule has 1 N–H and O–H groups in total. The van der Waals surface area contributed by atoms with Crippen LogP contribution >= 0.6 is 0 Å². The Morgan fingerprint density at radius 1 is 1.03 bits per heavy atom.